The van der Waals surface area contributed by atoms with Crippen molar-refractivity contribution in [1.29, 1.82) is 0 Å². The normalized spacial score (nSPS) is 12.6. The van der Waals surface area contributed by atoms with Gasteiger partial charge in [-0.2, -0.15) is 0 Å². The summed E-state index contributed by atoms with van der Waals surface area (Å²) in [6, 6.07) is 45.7. The van der Waals surface area contributed by atoms with Gasteiger partial charge in [0.05, 0.1) is 33.5 Å². The Kier molecular flexibility index (Phi) is 6.33. The maximum Gasteiger partial charge on any atom is 0.268 e. The van der Waals surface area contributed by atoms with Gasteiger partial charge in [-0.05, 0) is 41.0 Å². The van der Waals surface area contributed by atoms with E-state index in [1.165, 1.54) is 11.2 Å². The van der Waals surface area contributed by atoms with Crippen LogP contribution in [0.1, 0.15) is 20.7 Å². The number of benzene rings is 6. The van der Waals surface area contributed by atoms with E-state index in [0.29, 0.717) is 22.5 Å². The number of fused-ring (bicyclic) bond motifs is 4. The molecule has 2 amide bonds. The molecule has 0 bridgehead atoms. The molecular weight excluding hydrogens is 592 g/mol. The third-order valence-corrected chi connectivity index (χ3v) is 9.13. The van der Waals surface area contributed by atoms with Crippen LogP contribution in [0.2, 0.25) is 0 Å². The van der Waals surface area contributed by atoms with Crippen LogP contribution in [0.25, 0.3) is 60.9 Å². The topological polar surface area (TPSA) is 68.1 Å². The molecule has 6 heteroatoms. The number of amides is 2. The number of rotatable bonds is 5. The van der Waals surface area contributed by atoms with Crippen molar-refractivity contribution in [3.8, 4) is 39.1 Å². The minimum Gasteiger partial charge on any atom is -0.308 e. The van der Waals surface area contributed by atoms with E-state index in [0.717, 1.165) is 55.2 Å². The lowest BCUT2D eigenvalue weighted by atomic mass is 9.95. The largest absolute Gasteiger partial charge is 0.308 e. The number of carbonyl (C=O) groups excluding carboxylic acids is 2. The summed E-state index contributed by atoms with van der Waals surface area (Å²) in [7, 11) is 0. The van der Waals surface area contributed by atoms with Gasteiger partial charge in [0.25, 0.3) is 11.8 Å². The molecule has 1 aliphatic heterocycles. The van der Waals surface area contributed by atoms with Gasteiger partial charge in [0.1, 0.15) is 6.33 Å². The summed E-state index contributed by atoms with van der Waals surface area (Å²) in [5.74, 6) is -0.704. The van der Waals surface area contributed by atoms with Crippen molar-refractivity contribution in [2.75, 3.05) is 4.90 Å². The fraction of sp³-hybridized carbons (Fsp3) is 0. The molecule has 6 nitrogen and oxygen atoms in total. The highest BCUT2D eigenvalue weighted by atomic mass is 16.2. The van der Waals surface area contributed by atoms with Gasteiger partial charge in [0.15, 0.2) is 0 Å². The highest BCUT2D eigenvalue weighted by Gasteiger charge is 2.41. The van der Waals surface area contributed by atoms with Gasteiger partial charge in [-0.3, -0.25) is 9.59 Å². The molecule has 226 valence electrons. The summed E-state index contributed by atoms with van der Waals surface area (Å²) in [4.78, 5) is 39.3. The summed E-state index contributed by atoms with van der Waals surface area (Å²) >= 11 is 0. The van der Waals surface area contributed by atoms with Crippen molar-refractivity contribution in [1.82, 2.24) is 14.5 Å². The highest BCUT2D eigenvalue weighted by molar-refractivity contribution is 6.37. The van der Waals surface area contributed by atoms with Gasteiger partial charge in [-0.25, -0.2) is 14.9 Å². The molecule has 0 saturated carbocycles. The number of anilines is 1. The standard InChI is InChI=1S/C42H26N4O2/c47-41-35-18-10-20-37(45-36-19-8-7-15-33(36)34-22-21-29(23-38(34)45)30-24-43-26-44-25-30)39(35)42(48)46(41)40-31(27-11-3-1-4-12-27)16-9-17-32(40)28-13-5-2-6-14-28/h1-26H. The third-order valence-electron chi connectivity index (χ3n) is 9.13. The SMILES string of the molecule is O=C1c2cccc(-n3c4ccccc4c4ccc(-c5cncnc5)cc43)c2C(=O)N1c1c(-c2ccccc2)cccc1-c1ccccc1. The number of aromatic nitrogens is 3. The Balaban J connectivity index is 1.29. The van der Waals surface area contributed by atoms with Crippen molar-refractivity contribution < 1.29 is 9.59 Å². The second kappa shape index (κ2) is 11.0. The lowest BCUT2D eigenvalue weighted by Gasteiger charge is -2.23. The van der Waals surface area contributed by atoms with Gasteiger partial charge < -0.3 is 4.57 Å². The molecule has 0 saturated heterocycles. The molecule has 0 atom stereocenters. The molecule has 1 aliphatic rings. The van der Waals surface area contributed by atoms with Crippen molar-refractivity contribution in [3.05, 3.63) is 169 Å². The predicted molar refractivity (Wildman–Crippen MR) is 190 cm³/mol. The summed E-state index contributed by atoms with van der Waals surface area (Å²) in [6.07, 6.45) is 5.09. The van der Waals surface area contributed by atoms with E-state index in [9.17, 15) is 9.59 Å². The van der Waals surface area contributed by atoms with Crippen LogP contribution in [0.3, 0.4) is 0 Å². The monoisotopic (exact) mass is 618 g/mol. The minimum absolute atomic E-state index is 0.347. The molecule has 0 N–H and O–H groups in total. The summed E-state index contributed by atoms with van der Waals surface area (Å²) in [6.45, 7) is 0. The van der Waals surface area contributed by atoms with Crippen LogP contribution < -0.4 is 4.90 Å². The maximum atomic E-state index is 14.9. The van der Waals surface area contributed by atoms with Gasteiger partial charge >= 0.3 is 0 Å². The number of hydrogen-bond donors (Lipinski definition) is 0. The Morgan fingerprint density at radius 2 is 1.06 bits per heavy atom. The van der Waals surface area contributed by atoms with Crippen LogP contribution >= 0.6 is 0 Å². The maximum absolute atomic E-state index is 14.9. The second-order valence-electron chi connectivity index (χ2n) is 11.8. The number of nitrogens with zero attached hydrogens (tertiary/aromatic N) is 4. The molecule has 0 aliphatic carbocycles. The van der Waals surface area contributed by atoms with Crippen LogP contribution in [-0.4, -0.2) is 26.3 Å². The Labute approximate surface area is 276 Å². The average Bonchev–Trinajstić information content (AvgIpc) is 3.62. The summed E-state index contributed by atoms with van der Waals surface area (Å²) < 4.78 is 2.10. The molecule has 9 rings (SSSR count). The van der Waals surface area contributed by atoms with Gasteiger partial charge in [-0.1, -0.05) is 115 Å². The third kappa shape index (κ3) is 4.20. The number of carbonyl (C=O) groups is 2. The summed E-state index contributed by atoms with van der Waals surface area (Å²) in [5, 5.41) is 2.09. The van der Waals surface area contributed by atoms with E-state index < -0.39 is 0 Å². The first-order chi connectivity index (χ1) is 23.7. The Morgan fingerprint density at radius 3 is 1.77 bits per heavy atom. The molecule has 48 heavy (non-hydrogen) atoms. The highest BCUT2D eigenvalue weighted by Crippen LogP contribution is 2.45. The molecule has 0 radical (unpaired) electrons. The number of para-hydroxylation sites is 2. The lowest BCUT2D eigenvalue weighted by Crippen LogP contribution is -2.30. The molecular formula is C42H26N4O2. The molecule has 2 aromatic heterocycles. The van der Waals surface area contributed by atoms with E-state index in [1.54, 1.807) is 18.5 Å². The number of hydrogen-bond acceptors (Lipinski definition) is 4. The van der Waals surface area contributed by atoms with Crippen LogP contribution in [-0.2, 0) is 0 Å². The van der Waals surface area contributed by atoms with E-state index in [4.69, 9.17) is 0 Å². The predicted octanol–water partition coefficient (Wildman–Crippen LogP) is 9.38. The fourth-order valence-corrected chi connectivity index (χ4v) is 7.00. The van der Waals surface area contributed by atoms with Crippen molar-refractivity contribution >= 4 is 39.3 Å². The number of imide groups is 1. The quantitative estimate of drug-likeness (QED) is 0.180. The van der Waals surface area contributed by atoms with Crippen LogP contribution in [0.4, 0.5) is 5.69 Å². The molecule has 3 heterocycles. The first-order valence-corrected chi connectivity index (χ1v) is 15.7. The van der Waals surface area contributed by atoms with E-state index >= 15 is 0 Å². The Morgan fingerprint density at radius 1 is 0.458 bits per heavy atom. The Hall–Kier alpha value is -6.66. The zero-order valence-electron chi connectivity index (χ0n) is 25.6. The molecule has 0 unspecified atom stereocenters. The van der Waals surface area contributed by atoms with Crippen molar-refractivity contribution in [2.24, 2.45) is 0 Å². The van der Waals surface area contributed by atoms with Crippen molar-refractivity contribution in [3.63, 3.8) is 0 Å². The van der Waals surface area contributed by atoms with E-state index in [-0.39, 0.29) is 11.8 Å². The van der Waals surface area contributed by atoms with Gasteiger partial charge in [0.2, 0.25) is 0 Å². The molecule has 8 aromatic rings. The zero-order chi connectivity index (χ0) is 32.2. The minimum atomic E-state index is -0.357. The smallest absolute Gasteiger partial charge is 0.268 e. The van der Waals surface area contributed by atoms with E-state index in [2.05, 4.69) is 44.9 Å². The van der Waals surface area contributed by atoms with Gasteiger partial charge in [-0.15, -0.1) is 0 Å². The Bertz CT molecular complexity index is 2480. The molecule has 0 spiro atoms. The van der Waals surface area contributed by atoms with Crippen LogP contribution in [0.5, 0.6) is 0 Å². The first kappa shape index (κ1) is 27.6. The second-order valence-corrected chi connectivity index (χ2v) is 11.8. The lowest BCUT2D eigenvalue weighted by molar-refractivity contribution is 0.0926. The average molecular weight is 619 g/mol. The summed E-state index contributed by atoms with van der Waals surface area (Å²) in [5.41, 5.74) is 9.11. The zero-order valence-corrected chi connectivity index (χ0v) is 25.6. The van der Waals surface area contributed by atoms with E-state index in [1.807, 2.05) is 103 Å². The fourth-order valence-electron chi connectivity index (χ4n) is 7.00. The first-order valence-electron chi connectivity index (χ1n) is 15.7. The van der Waals surface area contributed by atoms with Crippen molar-refractivity contribution in [2.45, 2.75) is 0 Å². The molecule has 0 fully saturated rings. The van der Waals surface area contributed by atoms with Gasteiger partial charge in [0, 0.05) is 39.9 Å². The molecule has 6 aromatic carbocycles. The van der Waals surface area contributed by atoms with Crippen LogP contribution in [0.15, 0.2) is 158 Å². The van der Waals surface area contributed by atoms with Crippen LogP contribution in [0, 0.1) is 0 Å².